The van der Waals surface area contributed by atoms with Crippen molar-refractivity contribution in [2.24, 2.45) is 0 Å². The van der Waals surface area contributed by atoms with Gasteiger partial charge in [0.15, 0.2) is 11.0 Å². The van der Waals surface area contributed by atoms with Gasteiger partial charge in [-0.05, 0) is 31.2 Å². The lowest BCUT2D eigenvalue weighted by atomic mass is 10.2. The number of nitrogens with two attached hydrogens (primary N) is 1. The fourth-order valence-corrected chi connectivity index (χ4v) is 4.32. The summed E-state index contributed by atoms with van der Waals surface area (Å²) in [4.78, 5) is 17.1. The highest BCUT2D eigenvalue weighted by molar-refractivity contribution is 8.00. The van der Waals surface area contributed by atoms with E-state index in [-0.39, 0.29) is 11.7 Å². The molecule has 0 unspecified atom stereocenters. The number of nitrogens with one attached hydrogen (secondary N) is 1. The molecule has 0 bridgehead atoms. The number of benzene rings is 2. The van der Waals surface area contributed by atoms with Crippen molar-refractivity contribution in [2.75, 3.05) is 11.2 Å². The van der Waals surface area contributed by atoms with Gasteiger partial charge in [-0.25, -0.2) is 9.66 Å². The number of hydrogen-bond acceptors (Lipinski definition) is 8. The number of hydrogen-bond donors (Lipinski definition) is 2. The van der Waals surface area contributed by atoms with Crippen LogP contribution in [0.4, 0.5) is 13.9 Å². The van der Waals surface area contributed by atoms with Gasteiger partial charge < -0.3 is 15.9 Å². The summed E-state index contributed by atoms with van der Waals surface area (Å²) in [6, 6.07) is 15.5. The molecule has 0 spiro atoms. The third-order valence-electron chi connectivity index (χ3n) is 4.46. The van der Waals surface area contributed by atoms with Crippen molar-refractivity contribution >= 4 is 34.1 Å². The second-order valence-corrected chi connectivity index (χ2v) is 8.90. The Kier molecular flexibility index (Phi) is 6.84. The van der Waals surface area contributed by atoms with Crippen LogP contribution in [0.1, 0.15) is 6.92 Å². The van der Waals surface area contributed by atoms with E-state index in [9.17, 15) is 13.6 Å². The number of carbonyl (C=O) groups is 1. The summed E-state index contributed by atoms with van der Waals surface area (Å²) in [7, 11) is 0. The molecule has 170 valence electrons. The topological polar surface area (TPSA) is 108 Å². The van der Waals surface area contributed by atoms with Crippen LogP contribution in [-0.2, 0) is 4.79 Å². The lowest BCUT2D eigenvalue weighted by molar-refractivity contribution is -0.115. The molecule has 2 aromatic carbocycles. The minimum absolute atomic E-state index is 0.0225. The highest BCUT2D eigenvalue weighted by Crippen LogP contribution is 2.28. The SMILES string of the molecule is C[C@@H](Sc1nnc(-c2ccc(OC(F)F)cc2)n1N)C(=O)Nc1nc(-c2ccccc2)cs1. The zero-order chi connectivity index (χ0) is 23.4. The van der Waals surface area contributed by atoms with E-state index in [1.54, 1.807) is 19.1 Å². The lowest BCUT2D eigenvalue weighted by Crippen LogP contribution is -2.23. The van der Waals surface area contributed by atoms with Crippen LogP contribution in [0.2, 0.25) is 0 Å². The maximum Gasteiger partial charge on any atom is 0.387 e. The number of thioether (sulfide) groups is 1. The van der Waals surface area contributed by atoms with Crippen LogP contribution in [0.25, 0.3) is 22.6 Å². The first kappa shape index (κ1) is 22.7. The summed E-state index contributed by atoms with van der Waals surface area (Å²) in [5.74, 6) is 6.19. The molecule has 4 aromatic rings. The van der Waals surface area contributed by atoms with Crippen molar-refractivity contribution < 1.29 is 18.3 Å². The average molecular weight is 489 g/mol. The number of carbonyl (C=O) groups excluding carboxylic acids is 1. The van der Waals surface area contributed by atoms with Crippen LogP contribution in [0.5, 0.6) is 5.75 Å². The highest BCUT2D eigenvalue weighted by Gasteiger charge is 2.21. The first-order valence-corrected chi connectivity index (χ1v) is 11.4. The van der Waals surface area contributed by atoms with Gasteiger partial charge in [0.1, 0.15) is 5.75 Å². The van der Waals surface area contributed by atoms with Gasteiger partial charge in [0.05, 0.1) is 10.9 Å². The van der Waals surface area contributed by atoms with Gasteiger partial charge in [-0.1, -0.05) is 42.1 Å². The first-order valence-electron chi connectivity index (χ1n) is 9.65. The molecule has 2 heterocycles. The van der Waals surface area contributed by atoms with E-state index >= 15 is 0 Å². The monoisotopic (exact) mass is 488 g/mol. The molecule has 33 heavy (non-hydrogen) atoms. The molecule has 4 rings (SSSR count). The number of ether oxygens (including phenoxy) is 1. The number of amides is 1. The summed E-state index contributed by atoms with van der Waals surface area (Å²) in [5.41, 5.74) is 2.31. The van der Waals surface area contributed by atoms with E-state index in [4.69, 9.17) is 5.84 Å². The second-order valence-electron chi connectivity index (χ2n) is 6.73. The normalized spacial score (nSPS) is 12.0. The summed E-state index contributed by atoms with van der Waals surface area (Å²) >= 11 is 2.47. The second kappa shape index (κ2) is 9.96. The van der Waals surface area contributed by atoms with Crippen LogP contribution in [0.3, 0.4) is 0 Å². The molecular formula is C21H18F2N6O2S2. The van der Waals surface area contributed by atoms with E-state index < -0.39 is 11.9 Å². The molecule has 3 N–H and O–H groups in total. The Morgan fingerprint density at radius 3 is 2.55 bits per heavy atom. The lowest BCUT2D eigenvalue weighted by Gasteiger charge is -2.10. The molecule has 0 saturated carbocycles. The number of rotatable bonds is 8. The third-order valence-corrected chi connectivity index (χ3v) is 6.27. The zero-order valence-corrected chi connectivity index (χ0v) is 18.8. The fraction of sp³-hybridized carbons (Fsp3) is 0.143. The van der Waals surface area contributed by atoms with Gasteiger partial charge in [0, 0.05) is 16.5 Å². The molecule has 1 amide bonds. The first-order chi connectivity index (χ1) is 15.9. The van der Waals surface area contributed by atoms with Crippen molar-refractivity contribution in [1.82, 2.24) is 19.9 Å². The van der Waals surface area contributed by atoms with Crippen LogP contribution in [0, 0.1) is 0 Å². The van der Waals surface area contributed by atoms with E-state index in [0.29, 0.717) is 21.7 Å². The highest BCUT2D eigenvalue weighted by atomic mass is 32.2. The van der Waals surface area contributed by atoms with Gasteiger partial charge in [0.25, 0.3) is 0 Å². The Bertz CT molecular complexity index is 1230. The largest absolute Gasteiger partial charge is 0.435 e. The zero-order valence-electron chi connectivity index (χ0n) is 17.2. The number of nitrogen functional groups attached to an aromatic ring is 1. The van der Waals surface area contributed by atoms with Crippen molar-refractivity contribution in [3.63, 3.8) is 0 Å². The van der Waals surface area contributed by atoms with E-state index in [1.165, 1.54) is 28.1 Å². The smallest absolute Gasteiger partial charge is 0.387 e. The Labute approximate surface area is 195 Å². The summed E-state index contributed by atoms with van der Waals surface area (Å²) < 4.78 is 30.2. The summed E-state index contributed by atoms with van der Waals surface area (Å²) in [6.45, 7) is -1.18. The molecule has 0 fully saturated rings. The van der Waals surface area contributed by atoms with Crippen LogP contribution in [-0.4, -0.2) is 37.6 Å². The van der Waals surface area contributed by atoms with Gasteiger partial charge in [0.2, 0.25) is 11.1 Å². The molecule has 0 aliphatic carbocycles. The quantitative estimate of drug-likeness (QED) is 0.278. The van der Waals surface area contributed by atoms with E-state index in [2.05, 4.69) is 25.2 Å². The molecule has 0 radical (unpaired) electrons. The van der Waals surface area contributed by atoms with Crippen molar-refractivity contribution in [1.29, 1.82) is 0 Å². The van der Waals surface area contributed by atoms with Gasteiger partial charge in [-0.2, -0.15) is 8.78 Å². The van der Waals surface area contributed by atoms with Crippen LogP contribution < -0.4 is 15.9 Å². The predicted molar refractivity (Wildman–Crippen MR) is 124 cm³/mol. The number of thiazole rings is 1. The maximum absolute atomic E-state index is 12.6. The number of alkyl halides is 2. The minimum atomic E-state index is -2.90. The van der Waals surface area contributed by atoms with Gasteiger partial charge >= 0.3 is 6.61 Å². The molecule has 0 aliphatic rings. The third kappa shape index (κ3) is 5.46. The summed E-state index contributed by atoms with van der Waals surface area (Å²) in [5, 5.41) is 13.1. The maximum atomic E-state index is 12.6. The number of halogens is 2. The Morgan fingerprint density at radius 1 is 1.12 bits per heavy atom. The van der Waals surface area contributed by atoms with Gasteiger partial charge in [-0.15, -0.1) is 21.5 Å². The van der Waals surface area contributed by atoms with Crippen molar-refractivity contribution in [2.45, 2.75) is 23.9 Å². The Hall–Kier alpha value is -3.51. The van der Waals surface area contributed by atoms with E-state index in [0.717, 1.165) is 23.0 Å². The number of nitrogens with zero attached hydrogens (tertiary/aromatic N) is 4. The standard InChI is InChI=1S/C21H18F2N6O2S2/c1-12(18(30)26-20-25-16(11-32-20)13-5-3-2-4-6-13)33-21-28-27-17(29(21)24)14-7-9-15(10-8-14)31-19(22)23/h2-12,19H,24H2,1H3,(H,25,26,30)/t12-/m1/s1. The number of aromatic nitrogens is 4. The van der Waals surface area contributed by atoms with Crippen LogP contribution >= 0.6 is 23.1 Å². The minimum Gasteiger partial charge on any atom is -0.435 e. The summed E-state index contributed by atoms with van der Waals surface area (Å²) in [6.07, 6.45) is 0. The molecule has 2 aromatic heterocycles. The van der Waals surface area contributed by atoms with Crippen molar-refractivity contribution in [3.05, 3.63) is 60.0 Å². The van der Waals surface area contributed by atoms with Gasteiger partial charge in [-0.3, -0.25) is 4.79 Å². The molecule has 0 saturated heterocycles. The molecule has 1 atom stereocenters. The Balaban J connectivity index is 1.39. The average Bonchev–Trinajstić information content (AvgIpc) is 3.41. The number of anilines is 1. The molecule has 0 aliphatic heterocycles. The fourth-order valence-electron chi connectivity index (χ4n) is 2.83. The van der Waals surface area contributed by atoms with Crippen LogP contribution in [0.15, 0.2) is 65.1 Å². The molecule has 12 heteroatoms. The van der Waals surface area contributed by atoms with E-state index in [1.807, 2.05) is 35.7 Å². The predicted octanol–water partition coefficient (Wildman–Crippen LogP) is 4.50. The van der Waals surface area contributed by atoms with Crippen molar-refractivity contribution in [3.8, 4) is 28.4 Å². The Morgan fingerprint density at radius 2 is 1.85 bits per heavy atom. The molecular weight excluding hydrogens is 470 g/mol. The molecule has 8 nitrogen and oxygen atoms in total.